The van der Waals surface area contributed by atoms with Gasteiger partial charge >= 0.3 is 0 Å². The number of carbonyl (C=O) groups excluding carboxylic acids is 1. The molecule has 0 fully saturated rings. The third-order valence-electron chi connectivity index (χ3n) is 3.96. The first kappa shape index (κ1) is 20.6. The Kier molecular flexibility index (Phi) is 6.21. The van der Waals surface area contributed by atoms with Gasteiger partial charge < -0.3 is 5.32 Å². The number of rotatable bonds is 5. The first-order valence-corrected chi connectivity index (χ1v) is 10.4. The van der Waals surface area contributed by atoms with E-state index in [1.54, 1.807) is 6.07 Å². The van der Waals surface area contributed by atoms with Crippen molar-refractivity contribution in [2.24, 2.45) is 0 Å². The van der Waals surface area contributed by atoms with Crippen molar-refractivity contribution in [1.82, 2.24) is 0 Å². The van der Waals surface area contributed by atoms with Crippen LogP contribution in [-0.4, -0.2) is 26.6 Å². The summed E-state index contributed by atoms with van der Waals surface area (Å²) in [6.45, 7) is 5.24. The molecular formula is C18H20Cl2N2O3S. The van der Waals surface area contributed by atoms with Crippen molar-refractivity contribution in [2.45, 2.75) is 26.8 Å². The Hall–Kier alpha value is -1.76. The number of para-hydroxylation sites is 1. The van der Waals surface area contributed by atoms with Crippen molar-refractivity contribution in [1.29, 1.82) is 0 Å². The molecule has 1 amide bonds. The molecule has 8 heteroatoms. The molecule has 2 aromatic carbocycles. The number of nitrogens with one attached hydrogen (secondary N) is 1. The van der Waals surface area contributed by atoms with Gasteiger partial charge in [0.1, 0.15) is 6.04 Å². The Morgan fingerprint density at radius 3 is 2.23 bits per heavy atom. The summed E-state index contributed by atoms with van der Waals surface area (Å²) >= 11 is 12.1. The lowest BCUT2D eigenvalue weighted by Gasteiger charge is -2.29. The lowest BCUT2D eigenvalue weighted by atomic mass is 10.1. The Bertz CT molecular complexity index is 925. The zero-order valence-electron chi connectivity index (χ0n) is 14.9. The SMILES string of the molecule is Cc1cccc(C)c1NC(=O)C(C)N(c1cc(Cl)ccc1Cl)S(C)(=O)=O. The number of sulfonamides is 1. The molecule has 140 valence electrons. The molecule has 0 spiro atoms. The summed E-state index contributed by atoms with van der Waals surface area (Å²) in [4.78, 5) is 12.8. The molecule has 2 rings (SSSR count). The molecule has 0 radical (unpaired) electrons. The fourth-order valence-electron chi connectivity index (χ4n) is 2.67. The number of aryl methyl sites for hydroxylation is 2. The van der Waals surface area contributed by atoms with Crippen molar-refractivity contribution in [3.8, 4) is 0 Å². The first-order valence-electron chi connectivity index (χ1n) is 7.84. The van der Waals surface area contributed by atoms with Crippen LogP contribution in [0.15, 0.2) is 36.4 Å². The highest BCUT2D eigenvalue weighted by atomic mass is 35.5. The second-order valence-corrected chi connectivity index (χ2v) is 8.79. The smallest absolute Gasteiger partial charge is 0.248 e. The predicted molar refractivity (Wildman–Crippen MR) is 108 cm³/mol. The van der Waals surface area contributed by atoms with Crippen LogP contribution in [0.3, 0.4) is 0 Å². The number of carbonyl (C=O) groups is 1. The van der Waals surface area contributed by atoms with E-state index in [-0.39, 0.29) is 10.7 Å². The number of benzene rings is 2. The minimum atomic E-state index is -3.78. The number of hydrogen-bond donors (Lipinski definition) is 1. The van der Waals surface area contributed by atoms with Crippen molar-refractivity contribution in [3.05, 3.63) is 57.6 Å². The molecule has 26 heavy (non-hydrogen) atoms. The first-order chi connectivity index (χ1) is 12.0. The van der Waals surface area contributed by atoms with E-state index in [0.717, 1.165) is 21.7 Å². The van der Waals surface area contributed by atoms with Gasteiger partial charge in [0.15, 0.2) is 0 Å². The van der Waals surface area contributed by atoms with Crippen LogP contribution in [0.4, 0.5) is 11.4 Å². The molecule has 0 aromatic heterocycles. The van der Waals surface area contributed by atoms with Crippen LogP contribution in [0.25, 0.3) is 0 Å². The molecular weight excluding hydrogens is 395 g/mol. The van der Waals surface area contributed by atoms with Crippen LogP contribution in [0.1, 0.15) is 18.1 Å². The van der Waals surface area contributed by atoms with Crippen LogP contribution in [0.2, 0.25) is 10.0 Å². The third-order valence-corrected chi connectivity index (χ3v) is 5.75. The van der Waals surface area contributed by atoms with Gasteiger partial charge in [0.25, 0.3) is 0 Å². The van der Waals surface area contributed by atoms with Gasteiger partial charge in [0.05, 0.1) is 17.0 Å². The number of nitrogens with zero attached hydrogens (tertiary/aromatic N) is 1. The van der Waals surface area contributed by atoms with Gasteiger partial charge in [-0.15, -0.1) is 0 Å². The average molecular weight is 415 g/mol. The zero-order valence-corrected chi connectivity index (χ0v) is 17.2. The quantitative estimate of drug-likeness (QED) is 0.787. The van der Waals surface area contributed by atoms with Crippen molar-refractivity contribution < 1.29 is 13.2 Å². The van der Waals surface area contributed by atoms with E-state index in [1.165, 1.54) is 19.1 Å². The van der Waals surface area contributed by atoms with Crippen LogP contribution in [0, 0.1) is 13.8 Å². The molecule has 1 unspecified atom stereocenters. The van der Waals surface area contributed by atoms with Gasteiger partial charge in [-0.2, -0.15) is 0 Å². The Balaban J connectivity index is 2.43. The largest absolute Gasteiger partial charge is 0.324 e. The minimum Gasteiger partial charge on any atom is -0.324 e. The molecule has 0 aliphatic heterocycles. The molecule has 0 heterocycles. The van der Waals surface area contributed by atoms with Crippen molar-refractivity contribution in [3.63, 3.8) is 0 Å². The molecule has 5 nitrogen and oxygen atoms in total. The normalized spacial score (nSPS) is 12.5. The Labute approximate surface area is 164 Å². The summed E-state index contributed by atoms with van der Waals surface area (Å²) in [5.41, 5.74) is 2.59. The molecule has 2 aromatic rings. The highest BCUT2D eigenvalue weighted by Gasteiger charge is 2.31. The number of hydrogen-bond acceptors (Lipinski definition) is 3. The second-order valence-electron chi connectivity index (χ2n) is 6.09. The van der Waals surface area contributed by atoms with E-state index < -0.39 is 22.0 Å². The second kappa shape index (κ2) is 7.86. The lowest BCUT2D eigenvalue weighted by molar-refractivity contribution is -0.116. The molecule has 0 bridgehead atoms. The number of halogens is 2. The van der Waals surface area contributed by atoms with Gasteiger partial charge in [-0.3, -0.25) is 9.10 Å². The molecule has 0 aliphatic rings. The molecule has 0 saturated heterocycles. The zero-order chi connectivity index (χ0) is 19.6. The lowest BCUT2D eigenvalue weighted by Crippen LogP contribution is -2.45. The maximum atomic E-state index is 12.8. The number of amides is 1. The Morgan fingerprint density at radius 2 is 1.69 bits per heavy atom. The van der Waals surface area contributed by atoms with E-state index >= 15 is 0 Å². The van der Waals surface area contributed by atoms with E-state index in [9.17, 15) is 13.2 Å². The highest BCUT2D eigenvalue weighted by molar-refractivity contribution is 7.92. The summed E-state index contributed by atoms with van der Waals surface area (Å²) < 4.78 is 25.7. The average Bonchev–Trinajstić information content (AvgIpc) is 2.53. The molecule has 1 N–H and O–H groups in total. The van der Waals surface area contributed by atoms with Gasteiger partial charge in [0, 0.05) is 10.7 Å². The summed E-state index contributed by atoms with van der Waals surface area (Å²) in [5.74, 6) is -0.469. The van der Waals surface area contributed by atoms with Crippen LogP contribution in [0.5, 0.6) is 0 Å². The van der Waals surface area contributed by atoms with Gasteiger partial charge in [-0.1, -0.05) is 41.4 Å². The topological polar surface area (TPSA) is 66.5 Å². The molecule has 0 saturated carbocycles. The summed E-state index contributed by atoms with van der Waals surface area (Å²) in [5, 5.41) is 3.32. The van der Waals surface area contributed by atoms with Gasteiger partial charge in [-0.25, -0.2) is 8.42 Å². The van der Waals surface area contributed by atoms with Crippen LogP contribution in [-0.2, 0) is 14.8 Å². The third kappa shape index (κ3) is 4.50. The Morgan fingerprint density at radius 1 is 1.12 bits per heavy atom. The highest BCUT2D eigenvalue weighted by Crippen LogP contribution is 2.32. The van der Waals surface area contributed by atoms with E-state index in [2.05, 4.69) is 5.32 Å². The van der Waals surface area contributed by atoms with Crippen LogP contribution >= 0.6 is 23.2 Å². The number of anilines is 2. The van der Waals surface area contributed by atoms with Crippen molar-refractivity contribution in [2.75, 3.05) is 15.9 Å². The van der Waals surface area contributed by atoms with E-state index in [4.69, 9.17) is 23.2 Å². The minimum absolute atomic E-state index is 0.158. The molecule has 1 atom stereocenters. The molecule has 0 aliphatic carbocycles. The van der Waals surface area contributed by atoms with E-state index in [1.807, 2.05) is 32.0 Å². The standard InChI is InChI=1S/C18H20Cl2N2O3S/c1-11-6-5-7-12(2)17(11)21-18(23)13(3)22(26(4,24)25)16-10-14(19)8-9-15(16)20/h5-10,13H,1-4H3,(H,21,23). The maximum Gasteiger partial charge on any atom is 0.248 e. The fraction of sp³-hybridized carbons (Fsp3) is 0.278. The van der Waals surface area contributed by atoms with Gasteiger partial charge in [0.2, 0.25) is 15.9 Å². The summed E-state index contributed by atoms with van der Waals surface area (Å²) in [6, 6.07) is 9.07. The fourth-order valence-corrected chi connectivity index (χ4v) is 4.28. The monoisotopic (exact) mass is 414 g/mol. The predicted octanol–water partition coefficient (Wildman–Crippen LogP) is 4.40. The summed E-state index contributed by atoms with van der Waals surface area (Å²) in [6.07, 6.45) is 1.02. The maximum absolute atomic E-state index is 12.8. The van der Waals surface area contributed by atoms with E-state index in [0.29, 0.717) is 10.7 Å². The van der Waals surface area contributed by atoms with Gasteiger partial charge in [-0.05, 0) is 50.1 Å². The summed E-state index contributed by atoms with van der Waals surface area (Å²) in [7, 11) is -3.78. The van der Waals surface area contributed by atoms with Crippen molar-refractivity contribution >= 4 is 50.5 Å². The van der Waals surface area contributed by atoms with Crippen LogP contribution < -0.4 is 9.62 Å².